The van der Waals surface area contributed by atoms with Crippen LogP contribution in [0, 0.1) is 17.8 Å². The number of carbonyl (C=O) groups excluding carboxylic acids is 1. The van der Waals surface area contributed by atoms with Crippen molar-refractivity contribution < 1.29 is 19.7 Å². The molecule has 2 N–H and O–H groups in total. The van der Waals surface area contributed by atoms with E-state index in [4.69, 9.17) is 0 Å². The fourth-order valence-electron chi connectivity index (χ4n) is 3.55. The van der Waals surface area contributed by atoms with Crippen molar-refractivity contribution in [2.45, 2.75) is 77.4 Å². The van der Waals surface area contributed by atoms with Gasteiger partial charge >= 0.3 is 5.97 Å². The highest BCUT2D eigenvalue weighted by Gasteiger charge is 2.33. The Labute approximate surface area is 170 Å². The molecule has 28 heavy (non-hydrogen) atoms. The molecular weight excluding hydrogens is 352 g/mol. The number of carbonyl (C=O) groups is 1. The molecule has 0 amide bonds. The lowest BCUT2D eigenvalue weighted by Crippen LogP contribution is -2.38. The number of ether oxygens (including phenoxy) is 1. The van der Waals surface area contributed by atoms with Crippen molar-refractivity contribution >= 4 is 5.97 Å². The normalized spacial score (nSPS) is 21.7. The molecule has 1 rings (SSSR count). The number of rotatable bonds is 13. The molecule has 0 aromatic rings. The summed E-state index contributed by atoms with van der Waals surface area (Å²) in [6.45, 7) is 4.47. The van der Waals surface area contributed by atoms with Crippen molar-refractivity contribution in [1.29, 1.82) is 0 Å². The molecule has 4 nitrogen and oxygen atoms in total. The number of aliphatic hydroxyl groups is 2. The van der Waals surface area contributed by atoms with Gasteiger partial charge in [0.05, 0.1) is 7.11 Å². The molecule has 0 saturated carbocycles. The van der Waals surface area contributed by atoms with Gasteiger partial charge in [0.1, 0.15) is 0 Å². The van der Waals surface area contributed by atoms with E-state index < -0.39 is 11.8 Å². The third kappa shape index (κ3) is 9.05. The minimum absolute atomic E-state index is 0.240. The summed E-state index contributed by atoms with van der Waals surface area (Å²) >= 11 is 0. The number of methoxy groups -OCH3 is 1. The number of hydrogen-bond acceptors (Lipinski definition) is 4. The number of allylic oxidation sites excluding steroid dienone is 4. The maximum absolute atomic E-state index is 11.2. The lowest BCUT2D eigenvalue weighted by molar-refractivity contribution is -0.205. The quantitative estimate of drug-likeness (QED) is 0.151. The Kier molecular flexibility index (Phi) is 11.8. The van der Waals surface area contributed by atoms with Crippen LogP contribution in [0.15, 0.2) is 42.2 Å². The van der Waals surface area contributed by atoms with Crippen LogP contribution >= 0.6 is 0 Å². The Morgan fingerprint density at radius 1 is 1.14 bits per heavy atom. The van der Waals surface area contributed by atoms with Crippen molar-refractivity contribution in [3.8, 4) is 0 Å². The molecular formula is C24H38O4. The van der Waals surface area contributed by atoms with Gasteiger partial charge in [-0.2, -0.15) is 0 Å². The Balaban J connectivity index is 2.39. The van der Waals surface area contributed by atoms with Crippen molar-refractivity contribution in [3.63, 3.8) is 0 Å². The van der Waals surface area contributed by atoms with E-state index in [0.717, 1.165) is 20.0 Å². The summed E-state index contributed by atoms with van der Waals surface area (Å²) in [4.78, 5) is 11.2. The predicted molar refractivity (Wildman–Crippen MR) is 113 cm³/mol. The highest BCUT2D eigenvalue weighted by Crippen LogP contribution is 2.34. The van der Waals surface area contributed by atoms with Crippen molar-refractivity contribution in [1.82, 2.24) is 0 Å². The third-order valence-corrected chi connectivity index (χ3v) is 5.41. The fraction of sp³-hybridized carbons (Fsp3) is 0.667. The first kappa shape index (κ1) is 24.4. The molecule has 0 aromatic carbocycles. The molecule has 0 fully saturated rings. The van der Waals surface area contributed by atoms with Crippen LogP contribution in [0.25, 0.3) is 0 Å². The first-order chi connectivity index (χ1) is 13.4. The topological polar surface area (TPSA) is 66.8 Å². The summed E-state index contributed by atoms with van der Waals surface area (Å²) in [6.07, 6.45) is 22.3. The van der Waals surface area contributed by atoms with Crippen molar-refractivity contribution in [3.05, 3.63) is 42.2 Å². The van der Waals surface area contributed by atoms with Crippen LogP contribution in [0.5, 0.6) is 0 Å². The van der Waals surface area contributed by atoms with Gasteiger partial charge in [-0.05, 0) is 49.2 Å². The molecule has 0 bridgehead atoms. The van der Waals surface area contributed by atoms with Gasteiger partial charge in [0.25, 0.3) is 5.79 Å². The molecule has 4 heteroatoms. The Bertz CT molecular complexity index is 567. The Morgan fingerprint density at radius 3 is 2.57 bits per heavy atom. The van der Waals surface area contributed by atoms with Gasteiger partial charge in [0.2, 0.25) is 0 Å². The summed E-state index contributed by atoms with van der Waals surface area (Å²) in [5.74, 6) is -2.10. The van der Waals surface area contributed by atoms with E-state index in [1.165, 1.54) is 44.6 Å². The zero-order valence-electron chi connectivity index (χ0n) is 17.8. The van der Waals surface area contributed by atoms with E-state index >= 15 is 0 Å². The van der Waals surface area contributed by atoms with Crippen LogP contribution in [0.1, 0.15) is 71.6 Å². The monoisotopic (exact) mass is 390 g/mol. The summed E-state index contributed by atoms with van der Waals surface area (Å²) in [5, 5.41) is 19.1. The maximum Gasteiger partial charge on any atom is 0.366 e. The Hall–Kier alpha value is -1.61. The molecule has 0 aliphatic heterocycles. The van der Waals surface area contributed by atoms with E-state index in [2.05, 4.69) is 48.6 Å². The highest BCUT2D eigenvalue weighted by molar-refractivity contribution is 5.77. The largest absolute Gasteiger partial charge is 0.465 e. The second-order valence-electron chi connectivity index (χ2n) is 7.79. The molecule has 158 valence electrons. The highest BCUT2D eigenvalue weighted by atomic mass is 16.6. The molecule has 0 saturated heterocycles. The minimum Gasteiger partial charge on any atom is -0.465 e. The molecule has 3 atom stereocenters. The van der Waals surface area contributed by atoms with Gasteiger partial charge in [0.15, 0.2) is 0 Å². The number of hydrogen-bond donors (Lipinski definition) is 2. The van der Waals surface area contributed by atoms with Gasteiger partial charge in [-0.1, -0.05) is 70.3 Å². The van der Waals surface area contributed by atoms with Gasteiger partial charge < -0.3 is 14.9 Å². The standard InChI is InChI=1S/C24H38O4/c1-4-5-6-7-8-9-10-12-15-21-18-17-20(2)22(21)16-13-11-14-19-24(26,27)23(25)28-3/h12-15,17-18,20-22,26-27H,4-10,16,19H2,1-3H3/t11?,20-,21-,22-/m0/s1. The smallest absolute Gasteiger partial charge is 0.366 e. The Morgan fingerprint density at radius 2 is 1.86 bits per heavy atom. The van der Waals surface area contributed by atoms with E-state index in [1.54, 1.807) is 0 Å². The molecule has 0 heterocycles. The first-order valence-corrected chi connectivity index (χ1v) is 10.7. The number of esters is 1. The van der Waals surface area contributed by atoms with Crippen LogP contribution in [-0.2, 0) is 9.53 Å². The number of unbranched alkanes of at least 4 members (excludes halogenated alkanes) is 6. The second kappa shape index (κ2) is 13.5. The minimum atomic E-state index is -2.49. The van der Waals surface area contributed by atoms with Crippen LogP contribution in [0.2, 0.25) is 0 Å². The second-order valence-corrected chi connectivity index (χ2v) is 7.79. The van der Waals surface area contributed by atoms with Gasteiger partial charge in [-0.3, -0.25) is 0 Å². The van der Waals surface area contributed by atoms with E-state index in [9.17, 15) is 15.0 Å². The SMILES string of the molecule is CCCCCCCCC=C[C@H]1C=C[C@H](C)[C@@H]1CC=C=CCC(O)(O)C(=O)OC. The molecule has 0 spiro atoms. The molecule has 0 radical (unpaired) electrons. The maximum atomic E-state index is 11.2. The zero-order chi connectivity index (χ0) is 20.8. The summed E-state index contributed by atoms with van der Waals surface area (Å²) in [5.41, 5.74) is 2.96. The molecule has 1 aliphatic carbocycles. The lowest BCUT2D eigenvalue weighted by Gasteiger charge is -2.18. The van der Waals surface area contributed by atoms with Crippen LogP contribution in [0.4, 0.5) is 0 Å². The van der Waals surface area contributed by atoms with Crippen LogP contribution < -0.4 is 0 Å². The molecule has 0 aromatic heterocycles. The summed E-state index contributed by atoms with van der Waals surface area (Å²) < 4.78 is 4.35. The van der Waals surface area contributed by atoms with Crippen LogP contribution in [-0.4, -0.2) is 29.1 Å². The average molecular weight is 391 g/mol. The van der Waals surface area contributed by atoms with Crippen molar-refractivity contribution in [2.24, 2.45) is 17.8 Å². The van der Waals surface area contributed by atoms with Gasteiger partial charge in [-0.25, -0.2) is 4.79 Å². The summed E-state index contributed by atoms with van der Waals surface area (Å²) in [6, 6.07) is 0. The van der Waals surface area contributed by atoms with E-state index in [-0.39, 0.29) is 6.42 Å². The fourth-order valence-corrected chi connectivity index (χ4v) is 3.55. The van der Waals surface area contributed by atoms with E-state index in [0.29, 0.717) is 17.8 Å². The first-order valence-electron chi connectivity index (χ1n) is 10.7. The predicted octanol–water partition coefficient (Wildman–Crippen LogP) is 5.08. The molecule has 0 unspecified atom stereocenters. The third-order valence-electron chi connectivity index (χ3n) is 5.41. The van der Waals surface area contributed by atoms with Crippen LogP contribution in [0.3, 0.4) is 0 Å². The van der Waals surface area contributed by atoms with Crippen molar-refractivity contribution in [2.75, 3.05) is 7.11 Å². The van der Waals surface area contributed by atoms with Gasteiger partial charge in [0, 0.05) is 6.42 Å². The zero-order valence-corrected chi connectivity index (χ0v) is 17.8. The summed E-state index contributed by atoms with van der Waals surface area (Å²) in [7, 11) is 1.12. The average Bonchev–Trinajstić information content (AvgIpc) is 3.02. The van der Waals surface area contributed by atoms with Gasteiger partial charge in [-0.15, -0.1) is 5.73 Å². The molecule has 1 aliphatic rings. The van der Waals surface area contributed by atoms with E-state index in [1.807, 2.05) is 6.08 Å². The lowest BCUT2D eigenvalue weighted by atomic mass is 9.86.